The zero-order chi connectivity index (χ0) is 17.9. The minimum atomic E-state index is -1.20. The average molecular weight is 370 g/mol. The highest BCUT2D eigenvalue weighted by Gasteiger charge is 2.17. The van der Waals surface area contributed by atoms with Crippen LogP contribution in [0.3, 0.4) is 0 Å². The van der Waals surface area contributed by atoms with Gasteiger partial charge in [-0.2, -0.15) is 5.10 Å². The molecule has 10 heteroatoms. The Labute approximate surface area is 145 Å². The summed E-state index contributed by atoms with van der Waals surface area (Å²) in [6.45, 7) is 0. The molecule has 0 aromatic heterocycles. The molecule has 0 radical (unpaired) electrons. The number of rotatable bonds is 5. The predicted molar refractivity (Wildman–Crippen MR) is 89.4 cm³/mol. The number of aromatic hydroxyl groups is 1. The molecule has 0 atom stereocenters. The van der Waals surface area contributed by atoms with Gasteiger partial charge in [0, 0.05) is 16.7 Å². The number of hydrogen-bond acceptors (Lipinski definition) is 6. The smallest absolute Gasteiger partial charge is 0.337 e. The second kappa shape index (κ2) is 7.16. The van der Waals surface area contributed by atoms with E-state index in [2.05, 4.69) is 10.5 Å². The number of benzene rings is 2. The van der Waals surface area contributed by atoms with Crippen LogP contribution in [-0.2, 0) is 0 Å². The van der Waals surface area contributed by atoms with Crippen molar-refractivity contribution in [2.24, 2.45) is 5.10 Å². The fraction of sp³-hybridized carbons (Fsp3) is 0. The van der Waals surface area contributed by atoms with Crippen LogP contribution in [0, 0.1) is 10.1 Å². The number of carboxylic acids is 1. The van der Waals surface area contributed by atoms with Crippen LogP contribution in [0.5, 0.6) is 5.75 Å². The molecule has 8 nitrogen and oxygen atoms in total. The number of carbonyl (C=O) groups is 1. The highest BCUT2D eigenvalue weighted by molar-refractivity contribution is 6.33. The van der Waals surface area contributed by atoms with Gasteiger partial charge in [-0.05, 0) is 24.3 Å². The first kappa shape index (κ1) is 17.5. The molecule has 2 aromatic carbocycles. The summed E-state index contributed by atoms with van der Waals surface area (Å²) in [6, 6.07) is 6.44. The van der Waals surface area contributed by atoms with E-state index in [1.165, 1.54) is 24.3 Å². The minimum Gasteiger partial charge on any atom is -0.502 e. The maximum atomic E-state index is 11.0. The molecular formula is C14H9Cl2N3O5. The number of phenolic OH excluding ortho intramolecular Hbond substituents is 1. The standard InChI is InChI=1S/C14H9Cl2N3O5/c15-8-3-7(13(20)12(4-8)19(23)24)6-17-18-9-1-2-11(16)10(5-9)14(21)22/h1-6,18,20H,(H,21,22)/b17-6-. The van der Waals surface area contributed by atoms with Crippen LogP contribution >= 0.6 is 23.2 Å². The van der Waals surface area contributed by atoms with Crippen LogP contribution in [0.25, 0.3) is 0 Å². The van der Waals surface area contributed by atoms with E-state index in [9.17, 15) is 20.0 Å². The minimum absolute atomic E-state index is 0.0223. The number of anilines is 1. The van der Waals surface area contributed by atoms with Crippen LogP contribution in [0.2, 0.25) is 10.0 Å². The van der Waals surface area contributed by atoms with Crippen molar-refractivity contribution in [3.63, 3.8) is 0 Å². The molecule has 0 fully saturated rings. The fourth-order valence-corrected chi connectivity index (χ4v) is 2.20. The number of nitro groups is 1. The average Bonchev–Trinajstić information content (AvgIpc) is 2.51. The second-order valence-electron chi connectivity index (χ2n) is 4.49. The molecule has 0 aliphatic rings. The molecule has 0 saturated heterocycles. The topological polar surface area (TPSA) is 125 Å². The SMILES string of the molecule is O=C(O)c1cc(N/N=C\c2cc(Cl)cc([N+](=O)[O-])c2O)ccc1Cl. The Morgan fingerprint density at radius 2 is 2.00 bits per heavy atom. The first-order valence-corrected chi connectivity index (χ1v) is 7.04. The number of carboxylic acid groups (broad SMARTS) is 1. The Balaban J connectivity index is 2.25. The van der Waals surface area contributed by atoms with E-state index in [0.29, 0.717) is 5.69 Å². The number of phenols is 1. The number of halogens is 2. The number of nitro benzene ring substituents is 1. The monoisotopic (exact) mass is 369 g/mol. The van der Waals surface area contributed by atoms with Crippen molar-refractivity contribution in [1.82, 2.24) is 0 Å². The van der Waals surface area contributed by atoms with Crippen molar-refractivity contribution < 1.29 is 19.9 Å². The largest absolute Gasteiger partial charge is 0.502 e. The maximum absolute atomic E-state index is 11.0. The van der Waals surface area contributed by atoms with Crippen molar-refractivity contribution >= 4 is 46.8 Å². The highest BCUT2D eigenvalue weighted by Crippen LogP contribution is 2.32. The predicted octanol–water partition coefficient (Wildman–Crippen LogP) is 3.75. The van der Waals surface area contributed by atoms with Gasteiger partial charge in [0.15, 0.2) is 0 Å². The van der Waals surface area contributed by atoms with Crippen molar-refractivity contribution in [3.05, 3.63) is 61.6 Å². The second-order valence-corrected chi connectivity index (χ2v) is 5.33. The summed E-state index contributed by atoms with van der Waals surface area (Å²) < 4.78 is 0. The van der Waals surface area contributed by atoms with Crippen LogP contribution in [0.4, 0.5) is 11.4 Å². The van der Waals surface area contributed by atoms with E-state index in [0.717, 1.165) is 12.3 Å². The first-order valence-electron chi connectivity index (χ1n) is 6.28. The Morgan fingerprint density at radius 1 is 1.29 bits per heavy atom. The van der Waals surface area contributed by atoms with Crippen molar-refractivity contribution in [2.75, 3.05) is 5.43 Å². The first-order chi connectivity index (χ1) is 11.3. The zero-order valence-electron chi connectivity index (χ0n) is 11.7. The van der Waals surface area contributed by atoms with Crippen LogP contribution in [0.1, 0.15) is 15.9 Å². The van der Waals surface area contributed by atoms with Gasteiger partial charge < -0.3 is 10.2 Å². The van der Waals surface area contributed by atoms with Gasteiger partial charge in [-0.15, -0.1) is 0 Å². The molecule has 0 aliphatic carbocycles. The van der Waals surface area contributed by atoms with E-state index in [1.54, 1.807) is 0 Å². The highest BCUT2D eigenvalue weighted by atomic mass is 35.5. The lowest BCUT2D eigenvalue weighted by Crippen LogP contribution is -1.99. The molecule has 0 bridgehead atoms. The van der Waals surface area contributed by atoms with E-state index in [4.69, 9.17) is 28.3 Å². The van der Waals surface area contributed by atoms with Gasteiger partial charge in [-0.25, -0.2) is 4.79 Å². The summed E-state index contributed by atoms with van der Waals surface area (Å²) in [7, 11) is 0. The Hall–Kier alpha value is -2.84. The Morgan fingerprint density at radius 3 is 2.62 bits per heavy atom. The van der Waals surface area contributed by atoms with Gasteiger partial charge in [0.25, 0.3) is 0 Å². The van der Waals surface area contributed by atoms with Gasteiger partial charge >= 0.3 is 11.7 Å². The van der Waals surface area contributed by atoms with Crippen LogP contribution in [0.15, 0.2) is 35.4 Å². The molecule has 0 saturated carbocycles. The number of nitrogens with one attached hydrogen (secondary N) is 1. The fourth-order valence-electron chi connectivity index (χ4n) is 1.78. The molecule has 2 aromatic rings. The van der Waals surface area contributed by atoms with Gasteiger partial charge in [0.1, 0.15) is 0 Å². The number of aromatic carboxylic acids is 1. The lowest BCUT2D eigenvalue weighted by Gasteiger charge is -2.04. The summed E-state index contributed by atoms with van der Waals surface area (Å²) in [5.74, 6) is -1.78. The number of hydrazone groups is 1. The van der Waals surface area contributed by atoms with Crippen molar-refractivity contribution in [1.29, 1.82) is 0 Å². The molecule has 0 heterocycles. The molecule has 0 amide bonds. The molecular weight excluding hydrogens is 361 g/mol. The van der Waals surface area contributed by atoms with E-state index in [-0.39, 0.29) is 21.2 Å². The van der Waals surface area contributed by atoms with Gasteiger partial charge in [-0.1, -0.05) is 23.2 Å². The zero-order valence-corrected chi connectivity index (χ0v) is 13.2. The summed E-state index contributed by atoms with van der Waals surface area (Å²) in [4.78, 5) is 21.0. The third-order valence-corrected chi connectivity index (χ3v) is 3.42. The maximum Gasteiger partial charge on any atom is 0.337 e. The van der Waals surface area contributed by atoms with Gasteiger partial charge in [0.05, 0.1) is 27.4 Å². The Kier molecular flexibility index (Phi) is 5.22. The molecule has 24 heavy (non-hydrogen) atoms. The molecule has 124 valence electrons. The van der Waals surface area contributed by atoms with E-state index in [1.807, 2.05) is 0 Å². The summed E-state index contributed by atoms with van der Waals surface area (Å²) in [5, 5.41) is 33.5. The lowest BCUT2D eigenvalue weighted by molar-refractivity contribution is -0.385. The molecule has 3 N–H and O–H groups in total. The number of hydrogen-bond donors (Lipinski definition) is 3. The van der Waals surface area contributed by atoms with Gasteiger partial charge in [-0.3, -0.25) is 15.5 Å². The van der Waals surface area contributed by atoms with E-state index >= 15 is 0 Å². The van der Waals surface area contributed by atoms with Crippen LogP contribution in [-0.4, -0.2) is 27.3 Å². The van der Waals surface area contributed by atoms with E-state index < -0.39 is 22.3 Å². The molecule has 0 unspecified atom stereocenters. The third-order valence-electron chi connectivity index (χ3n) is 2.87. The third kappa shape index (κ3) is 3.92. The number of nitrogens with zero attached hydrogens (tertiary/aromatic N) is 2. The summed E-state index contributed by atoms with van der Waals surface area (Å²) in [6.07, 6.45) is 1.11. The molecule has 0 aliphatic heterocycles. The Bertz CT molecular complexity index is 855. The van der Waals surface area contributed by atoms with Crippen molar-refractivity contribution in [3.8, 4) is 5.75 Å². The lowest BCUT2D eigenvalue weighted by atomic mass is 10.2. The van der Waals surface area contributed by atoms with Crippen molar-refractivity contribution in [2.45, 2.75) is 0 Å². The van der Waals surface area contributed by atoms with Crippen LogP contribution < -0.4 is 5.43 Å². The summed E-state index contributed by atoms with van der Waals surface area (Å²) in [5.41, 5.74) is 2.21. The normalized spacial score (nSPS) is 10.8. The quantitative estimate of drug-likeness (QED) is 0.418. The van der Waals surface area contributed by atoms with Gasteiger partial charge in [0.2, 0.25) is 5.75 Å². The summed E-state index contributed by atoms with van der Waals surface area (Å²) >= 11 is 11.5. The molecule has 0 spiro atoms. The molecule has 2 rings (SSSR count).